The highest BCUT2D eigenvalue weighted by Crippen LogP contribution is 2.40. The molecule has 3 rings (SSSR count). The normalized spacial score (nSPS) is 14.1. The fourth-order valence-electron chi connectivity index (χ4n) is 2.40. The molecule has 1 aliphatic heterocycles. The maximum absolute atomic E-state index is 12.0. The van der Waals surface area contributed by atoms with E-state index in [2.05, 4.69) is 10.6 Å². The van der Waals surface area contributed by atoms with Crippen molar-refractivity contribution in [2.24, 2.45) is 0 Å². The number of anilines is 1. The zero-order chi connectivity index (χ0) is 17.2. The van der Waals surface area contributed by atoms with Crippen LogP contribution in [0.15, 0.2) is 42.5 Å². The lowest BCUT2D eigenvalue weighted by atomic mass is 10.2. The number of amides is 2. The first kappa shape index (κ1) is 16.0. The molecule has 0 fully saturated rings. The van der Waals surface area contributed by atoms with Crippen molar-refractivity contribution in [1.29, 1.82) is 0 Å². The van der Waals surface area contributed by atoms with Gasteiger partial charge in [-0.25, -0.2) is 4.79 Å². The number of ether oxygens (including phenoxy) is 3. The smallest absolute Gasteiger partial charge is 0.319 e. The second-order valence-electron chi connectivity index (χ2n) is 5.92. The highest BCUT2D eigenvalue weighted by Gasteiger charge is 2.31. The van der Waals surface area contributed by atoms with E-state index in [4.69, 9.17) is 14.2 Å². The first-order valence-electron chi connectivity index (χ1n) is 7.65. The highest BCUT2D eigenvalue weighted by molar-refractivity contribution is 5.89. The first-order valence-corrected chi connectivity index (χ1v) is 7.65. The first-order chi connectivity index (χ1) is 11.4. The van der Waals surface area contributed by atoms with Crippen LogP contribution in [0.25, 0.3) is 0 Å². The average Bonchev–Trinajstić information content (AvgIpc) is 2.86. The molecule has 0 saturated heterocycles. The third kappa shape index (κ3) is 3.71. The SMILES string of the molecule is COc1ccc(CNC(=O)Nc2ccc3c(c2)OC(C)(C)O3)cc1. The second-order valence-corrected chi connectivity index (χ2v) is 5.92. The third-order valence-electron chi connectivity index (χ3n) is 3.53. The summed E-state index contributed by atoms with van der Waals surface area (Å²) in [6.07, 6.45) is 0. The van der Waals surface area contributed by atoms with Gasteiger partial charge in [-0.3, -0.25) is 0 Å². The minimum atomic E-state index is -0.683. The summed E-state index contributed by atoms with van der Waals surface area (Å²) in [5, 5.41) is 5.59. The molecule has 1 heterocycles. The Morgan fingerprint density at radius 3 is 2.50 bits per heavy atom. The molecule has 0 bridgehead atoms. The minimum absolute atomic E-state index is 0.288. The number of urea groups is 1. The number of benzene rings is 2. The Balaban J connectivity index is 1.55. The van der Waals surface area contributed by atoms with E-state index in [-0.39, 0.29) is 6.03 Å². The van der Waals surface area contributed by atoms with Gasteiger partial charge in [0.25, 0.3) is 0 Å². The van der Waals surface area contributed by atoms with Crippen LogP contribution in [0.2, 0.25) is 0 Å². The Labute approximate surface area is 140 Å². The molecular weight excluding hydrogens is 308 g/mol. The van der Waals surface area contributed by atoms with Gasteiger partial charge in [0.1, 0.15) is 5.75 Å². The number of fused-ring (bicyclic) bond motifs is 1. The van der Waals surface area contributed by atoms with E-state index >= 15 is 0 Å². The lowest BCUT2D eigenvalue weighted by Crippen LogP contribution is -2.29. The summed E-state index contributed by atoms with van der Waals surface area (Å²) in [6, 6.07) is 12.5. The molecular formula is C18H20N2O4. The standard InChI is InChI=1S/C18H20N2O4/c1-18(2)23-15-9-6-13(10-16(15)24-18)20-17(21)19-11-12-4-7-14(22-3)8-5-12/h4-10H,11H2,1-3H3,(H2,19,20,21). The van der Waals surface area contributed by atoms with Gasteiger partial charge < -0.3 is 24.8 Å². The average molecular weight is 328 g/mol. The number of rotatable bonds is 4. The molecule has 6 nitrogen and oxygen atoms in total. The Hall–Kier alpha value is -2.89. The molecule has 2 aromatic carbocycles. The number of hydrogen-bond acceptors (Lipinski definition) is 4. The van der Waals surface area contributed by atoms with Crippen LogP contribution in [0.1, 0.15) is 19.4 Å². The molecule has 2 amide bonds. The topological polar surface area (TPSA) is 68.8 Å². The summed E-state index contributed by atoms with van der Waals surface area (Å²) in [5.74, 6) is 1.39. The zero-order valence-corrected chi connectivity index (χ0v) is 13.9. The van der Waals surface area contributed by atoms with Crippen LogP contribution in [-0.4, -0.2) is 18.9 Å². The number of methoxy groups -OCH3 is 1. The van der Waals surface area contributed by atoms with Gasteiger partial charge in [0.15, 0.2) is 11.5 Å². The van der Waals surface area contributed by atoms with E-state index in [1.165, 1.54) is 0 Å². The van der Waals surface area contributed by atoms with Crippen molar-refractivity contribution in [3.05, 3.63) is 48.0 Å². The van der Waals surface area contributed by atoms with Gasteiger partial charge >= 0.3 is 6.03 Å². The minimum Gasteiger partial charge on any atom is -0.497 e. The molecule has 1 aliphatic rings. The third-order valence-corrected chi connectivity index (χ3v) is 3.53. The Kier molecular flexibility index (Phi) is 4.20. The van der Waals surface area contributed by atoms with E-state index in [0.717, 1.165) is 11.3 Å². The predicted molar refractivity (Wildman–Crippen MR) is 90.6 cm³/mol. The van der Waals surface area contributed by atoms with Crippen LogP contribution in [-0.2, 0) is 6.54 Å². The van der Waals surface area contributed by atoms with Gasteiger partial charge in [-0.15, -0.1) is 0 Å². The fraction of sp³-hybridized carbons (Fsp3) is 0.278. The summed E-state index contributed by atoms with van der Waals surface area (Å²) in [5.41, 5.74) is 1.63. The van der Waals surface area contributed by atoms with Gasteiger partial charge in [-0.1, -0.05) is 12.1 Å². The van der Waals surface area contributed by atoms with Crippen LogP contribution in [0.4, 0.5) is 10.5 Å². The largest absolute Gasteiger partial charge is 0.497 e. The fourth-order valence-corrected chi connectivity index (χ4v) is 2.40. The van der Waals surface area contributed by atoms with Crippen LogP contribution in [0, 0.1) is 0 Å². The molecule has 6 heteroatoms. The summed E-state index contributed by atoms with van der Waals surface area (Å²) in [4.78, 5) is 12.0. The second kappa shape index (κ2) is 6.31. The number of carbonyl (C=O) groups is 1. The van der Waals surface area contributed by atoms with Crippen molar-refractivity contribution >= 4 is 11.7 Å². The van der Waals surface area contributed by atoms with Gasteiger partial charge in [0.05, 0.1) is 7.11 Å². The molecule has 24 heavy (non-hydrogen) atoms. The lowest BCUT2D eigenvalue weighted by molar-refractivity contribution is -0.0431. The number of carbonyl (C=O) groups excluding carboxylic acids is 1. The summed E-state index contributed by atoms with van der Waals surface area (Å²) in [6.45, 7) is 4.09. The molecule has 0 aromatic heterocycles. The van der Waals surface area contributed by atoms with Gasteiger partial charge in [-0.05, 0) is 29.8 Å². The van der Waals surface area contributed by atoms with E-state index in [9.17, 15) is 4.79 Å². The van der Waals surface area contributed by atoms with Gasteiger partial charge in [0, 0.05) is 32.1 Å². The van der Waals surface area contributed by atoms with Crippen molar-refractivity contribution in [2.75, 3.05) is 12.4 Å². The van der Waals surface area contributed by atoms with Crippen molar-refractivity contribution in [2.45, 2.75) is 26.2 Å². The van der Waals surface area contributed by atoms with Crippen LogP contribution >= 0.6 is 0 Å². The lowest BCUT2D eigenvalue weighted by Gasteiger charge is -2.16. The molecule has 2 aromatic rings. The monoisotopic (exact) mass is 328 g/mol. The van der Waals surface area contributed by atoms with Crippen molar-refractivity contribution in [3.63, 3.8) is 0 Å². The molecule has 2 N–H and O–H groups in total. The van der Waals surface area contributed by atoms with Crippen molar-refractivity contribution in [3.8, 4) is 17.2 Å². The number of hydrogen-bond donors (Lipinski definition) is 2. The quantitative estimate of drug-likeness (QED) is 0.901. The maximum Gasteiger partial charge on any atom is 0.319 e. The molecule has 0 radical (unpaired) electrons. The van der Waals surface area contributed by atoms with Gasteiger partial charge in [-0.2, -0.15) is 0 Å². The Morgan fingerprint density at radius 1 is 1.08 bits per heavy atom. The van der Waals surface area contributed by atoms with E-state index in [1.807, 2.05) is 38.1 Å². The summed E-state index contributed by atoms with van der Waals surface area (Å²) < 4.78 is 16.4. The maximum atomic E-state index is 12.0. The van der Waals surface area contributed by atoms with Crippen molar-refractivity contribution < 1.29 is 19.0 Å². The molecule has 0 spiro atoms. The number of nitrogens with one attached hydrogen (secondary N) is 2. The van der Waals surface area contributed by atoms with Crippen LogP contribution in [0.3, 0.4) is 0 Å². The molecule has 0 atom stereocenters. The van der Waals surface area contributed by atoms with Crippen LogP contribution < -0.4 is 24.8 Å². The summed E-state index contributed by atoms with van der Waals surface area (Å²) in [7, 11) is 1.62. The molecule has 0 aliphatic carbocycles. The van der Waals surface area contributed by atoms with Gasteiger partial charge in [0.2, 0.25) is 5.79 Å². The van der Waals surface area contributed by atoms with Crippen LogP contribution in [0.5, 0.6) is 17.2 Å². The van der Waals surface area contributed by atoms with E-state index in [1.54, 1.807) is 25.3 Å². The van der Waals surface area contributed by atoms with E-state index < -0.39 is 5.79 Å². The highest BCUT2D eigenvalue weighted by atomic mass is 16.7. The Morgan fingerprint density at radius 2 is 1.79 bits per heavy atom. The molecule has 126 valence electrons. The van der Waals surface area contributed by atoms with Crippen molar-refractivity contribution in [1.82, 2.24) is 5.32 Å². The molecule has 0 unspecified atom stereocenters. The molecule has 0 saturated carbocycles. The van der Waals surface area contributed by atoms with E-state index in [0.29, 0.717) is 23.7 Å². The summed E-state index contributed by atoms with van der Waals surface area (Å²) >= 11 is 0. The zero-order valence-electron chi connectivity index (χ0n) is 13.9. The predicted octanol–water partition coefficient (Wildman–Crippen LogP) is 3.52. The Bertz CT molecular complexity index is 741.